The zero-order chi connectivity index (χ0) is 14.6. The third-order valence-corrected chi connectivity index (χ3v) is 3.79. The second-order valence-electron chi connectivity index (χ2n) is 5.21. The Morgan fingerprint density at radius 1 is 1.40 bits per heavy atom. The van der Waals surface area contributed by atoms with E-state index in [1.807, 2.05) is 31.2 Å². The molecule has 1 saturated heterocycles. The van der Waals surface area contributed by atoms with E-state index in [1.54, 1.807) is 7.11 Å². The standard InChI is InChI=1S/C15H22N2O3/c1-11(12-5-3-4-6-13(12)19-2)17-14(18)15(16)7-9-20-10-8-15/h3-6,11H,7-10,16H2,1-2H3,(H,17,18). The van der Waals surface area contributed by atoms with Gasteiger partial charge < -0.3 is 20.5 Å². The first kappa shape index (κ1) is 14.8. The molecule has 1 aromatic carbocycles. The van der Waals surface area contributed by atoms with Gasteiger partial charge in [0.15, 0.2) is 0 Å². The molecule has 1 heterocycles. The van der Waals surface area contributed by atoms with Gasteiger partial charge in [-0.15, -0.1) is 0 Å². The number of ether oxygens (including phenoxy) is 2. The van der Waals surface area contributed by atoms with Gasteiger partial charge in [-0.05, 0) is 25.8 Å². The summed E-state index contributed by atoms with van der Waals surface area (Å²) in [6, 6.07) is 7.50. The van der Waals surface area contributed by atoms with Crippen molar-refractivity contribution < 1.29 is 14.3 Å². The number of benzene rings is 1. The van der Waals surface area contributed by atoms with Crippen LogP contribution in [0.5, 0.6) is 5.75 Å². The third-order valence-electron chi connectivity index (χ3n) is 3.79. The largest absolute Gasteiger partial charge is 0.496 e. The molecule has 1 aliphatic heterocycles. The van der Waals surface area contributed by atoms with Crippen LogP contribution in [0.4, 0.5) is 0 Å². The van der Waals surface area contributed by atoms with Crippen LogP contribution in [0.15, 0.2) is 24.3 Å². The number of nitrogens with one attached hydrogen (secondary N) is 1. The molecule has 5 nitrogen and oxygen atoms in total. The molecule has 2 rings (SSSR count). The third kappa shape index (κ3) is 3.11. The number of carbonyl (C=O) groups excluding carboxylic acids is 1. The van der Waals surface area contributed by atoms with Gasteiger partial charge >= 0.3 is 0 Å². The van der Waals surface area contributed by atoms with Crippen LogP contribution >= 0.6 is 0 Å². The lowest BCUT2D eigenvalue weighted by Crippen LogP contribution is -2.57. The first-order valence-electron chi connectivity index (χ1n) is 6.87. The lowest BCUT2D eigenvalue weighted by molar-refractivity contribution is -0.130. The van der Waals surface area contributed by atoms with Gasteiger partial charge in [0.25, 0.3) is 0 Å². The second-order valence-corrected chi connectivity index (χ2v) is 5.21. The number of methoxy groups -OCH3 is 1. The van der Waals surface area contributed by atoms with E-state index in [4.69, 9.17) is 15.2 Å². The lowest BCUT2D eigenvalue weighted by Gasteiger charge is -2.33. The molecule has 1 aromatic rings. The van der Waals surface area contributed by atoms with Crippen LogP contribution in [0.1, 0.15) is 31.4 Å². The average Bonchev–Trinajstić information content (AvgIpc) is 2.47. The molecule has 0 aliphatic carbocycles. The molecule has 1 unspecified atom stereocenters. The summed E-state index contributed by atoms with van der Waals surface area (Å²) in [5.74, 6) is 0.637. The summed E-state index contributed by atoms with van der Waals surface area (Å²) < 4.78 is 10.6. The summed E-state index contributed by atoms with van der Waals surface area (Å²) in [7, 11) is 1.62. The summed E-state index contributed by atoms with van der Waals surface area (Å²) in [5, 5.41) is 2.98. The Morgan fingerprint density at radius 2 is 2.05 bits per heavy atom. The Hall–Kier alpha value is -1.59. The van der Waals surface area contributed by atoms with Gasteiger partial charge in [0, 0.05) is 18.8 Å². The van der Waals surface area contributed by atoms with E-state index in [2.05, 4.69) is 5.32 Å². The molecule has 20 heavy (non-hydrogen) atoms. The summed E-state index contributed by atoms with van der Waals surface area (Å²) >= 11 is 0. The first-order chi connectivity index (χ1) is 9.57. The summed E-state index contributed by atoms with van der Waals surface area (Å²) in [6.07, 6.45) is 1.11. The van der Waals surface area contributed by atoms with Crippen molar-refractivity contribution in [1.29, 1.82) is 0 Å². The molecule has 0 bridgehead atoms. The van der Waals surface area contributed by atoms with Crippen molar-refractivity contribution >= 4 is 5.91 Å². The quantitative estimate of drug-likeness (QED) is 0.872. The first-order valence-corrected chi connectivity index (χ1v) is 6.87. The number of carbonyl (C=O) groups is 1. The minimum atomic E-state index is -0.825. The average molecular weight is 278 g/mol. The zero-order valence-corrected chi connectivity index (χ0v) is 12.0. The molecular weight excluding hydrogens is 256 g/mol. The summed E-state index contributed by atoms with van der Waals surface area (Å²) in [6.45, 7) is 3.00. The highest BCUT2D eigenvalue weighted by Gasteiger charge is 2.36. The molecule has 5 heteroatoms. The van der Waals surface area contributed by atoms with Crippen molar-refractivity contribution in [2.75, 3.05) is 20.3 Å². The Morgan fingerprint density at radius 3 is 2.70 bits per heavy atom. The number of rotatable bonds is 4. The van der Waals surface area contributed by atoms with Gasteiger partial charge in [0.1, 0.15) is 5.75 Å². The second kappa shape index (κ2) is 6.24. The van der Waals surface area contributed by atoms with Gasteiger partial charge in [0.05, 0.1) is 18.7 Å². The molecule has 1 fully saturated rings. The fraction of sp³-hybridized carbons (Fsp3) is 0.533. The molecule has 0 aromatic heterocycles. The smallest absolute Gasteiger partial charge is 0.240 e. The van der Waals surface area contributed by atoms with Gasteiger partial charge in [0.2, 0.25) is 5.91 Å². The van der Waals surface area contributed by atoms with Crippen molar-refractivity contribution in [3.8, 4) is 5.75 Å². The van der Waals surface area contributed by atoms with Crippen LogP contribution in [0.2, 0.25) is 0 Å². The van der Waals surface area contributed by atoms with Gasteiger partial charge in [-0.25, -0.2) is 0 Å². The van der Waals surface area contributed by atoms with E-state index < -0.39 is 5.54 Å². The van der Waals surface area contributed by atoms with Crippen molar-refractivity contribution in [3.05, 3.63) is 29.8 Å². The molecule has 0 saturated carbocycles. The van der Waals surface area contributed by atoms with Crippen LogP contribution in [0.25, 0.3) is 0 Å². The Bertz CT molecular complexity index is 470. The monoisotopic (exact) mass is 278 g/mol. The van der Waals surface area contributed by atoms with Crippen LogP contribution in [0.3, 0.4) is 0 Å². The van der Waals surface area contributed by atoms with Crippen molar-refractivity contribution in [3.63, 3.8) is 0 Å². The maximum absolute atomic E-state index is 12.4. The molecule has 1 amide bonds. The van der Waals surface area contributed by atoms with Gasteiger partial charge in [-0.1, -0.05) is 18.2 Å². The highest BCUT2D eigenvalue weighted by molar-refractivity contribution is 5.86. The molecule has 1 atom stereocenters. The van der Waals surface area contributed by atoms with Crippen molar-refractivity contribution in [1.82, 2.24) is 5.32 Å². The van der Waals surface area contributed by atoms with E-state index in [0.29, 0.717) is 26.1 Å². The number of amides is 1. The summed E-state index contributed by atoms with van der Waals surface area (Å²) in [5.41, 5.74) is 6.29. The summed E-state index contributed by atoms with van der Waals surface area (Å²) in [4.78, 5) is 12.4. The topological polar surface area (TPSA) is 73.6 Å². The van der Waals surface area contributed by atoms with E-state index in [0.717, 1.165) is 11.3 Å². The molecule has 110 valence electrons. The lowest BCUT2D eigenvalue weighted by atomic mass is 9.90. The van der Waals surface area contributed by atoms with E-state index in [1.165, 1.54) is 0 Å². The van der Waals surface area contributed by atoms with Crippen LogP contribution in [-0.2, 0) is 9.53 Å². The van der Waals surface area contributed by atoms with Crippen molar-refractivity contribution in [2.45, 2.75) is 31.3 Å². The number of hydrogen-bond donors (Lipinski definition) is 2. The van der Waals surface area contributed by atoms with E-state index >= 15 is 0 Å². The van der Waals surface area contributed by atoms with Crippen LogP contribution < -0.4 is 15.8 Å². The minimum absolute atomic E-state index is 0.126. The molecule has 1 aliphatic rings. The minimum Gasteiger partial charge on any atom is -0.496 e. The van der Waals surface area contributed by atoms with E-state index in [9.17, 15) is 4.79 Å². The van der Waals surface area contributed by atoms with Crippen LogP contribution in [-0.4, -0.2) is 31.8 Å². The van der Waals surface area contributed by atoms with Crippen molar-refractivity contribution in [2.24, 2.45) is 5.73 Å². The zero-order valence-electron chi connectivity index (χ0n) is 12.0. The van der Waals surface area contributed by atoms with Crippen LogP contribution in [0, 0.1) is 0 Å². The SMILES string of the molecule is COc1ccccc1C(C)NC(=O)C1(N)CCOCC1. The molecule has 0 radical (unpaired) electrons. The van der Waals surface area contributed by atoms with E-state index in [-0.39, 0.29) is 11.9 Å². The number of para-hydroxylation sites is 1. The van der Waals surface area contributed by atoms with Gasteiger partial charge in [-0.3, -0.25) is 4.79 Å². The molecular formula is C15H22N2O3. The normalized spacial score (nSPS) is 19.1. The maximum Gasteiger partial charge on any atom is 0.240 e. The Labute approximate surface area is 119 Å². The highest BCUT2D eigenvalue weighted by atomic mass is 16.5. The Kier molecular flexibility index (Phi) is 4.62. The Balaban J connectivity index is 2.07. The molecule has 0 spiro atoms. The fourth-order valence-electron chi connectivity index (χ4n) is 2.40. The fourth-order valence-corrected chi connectivity index (χ4v) is 2.40. The van der Waals surface area contributed by atoms with Gasteiger partial charge in [-0.2, -0.15) is 0 Å². The highest BCUT2D eigenvalue weighted by Crippen LogP contribution is 2.26. The maximum atomic E-state index is 12.4. The molecule has 3 N–H and O–H groups in total. The number of hydrogen-bond acceptors (Lipinski definition) is 4. The predicted molar refractivity (Wildman–Crippen MR) is 76.5 cm³/mol. The number of nitrogens with two attached hydrogens (primary N) is 1. The predicted octanol–water partition coefficient (Wildman–Crippen LogP) is 1.38.